The molecule has 0 atom stereocenters. The number of carboxylic acid groups (broad SMARTS) is 1. The van der Waals surface area contributed by atoms with Crippen LogP contribution in [-0.4, -0.2) is 29.6 Å². The summed E-state index contributed by atoms with van der Waals surface area (Å²) in [6.07, 6.45) is 1.02. The molecule has 6 nitrogen and oxygen atoms in total. The zero-order valence-corrected chi connectivity index (χ0v) is 19.0. The number of amides is 1. The summed E-state index contributed by atoms with van der Waals surface area (Å²) in [5.41, 5.74) is -1.96. The lowest BCUT2D eigenvalue weighted by molar-refractivity contribution is -0.148. The SMILES string of the molecule is COc1cc(/C=C/C(=O)NC2(C(=O)O)CCCCC2)ccc1OCc1ccc(F)c(C(F)(F)F)c1. The maximum Gasteiger partial charge on any atom is 0.419 e. The lowest BCUT2D eigenvalue weighted by Crippen LogP contribution is -2.55. The maximum atomic E-state index is 13.5. The molecule has 1 aliphatic rings. The van der Waals surface area contributed by atoms with E-state index in [0.717, 1.165) is 25.3 Å². The third-order valence-corrected chi connectivity index (χ3v) is 5.82. The molecule has 0 aromatic heterocycles. The lowest BCUT2D eigenvalue weighted by atomic mass is 9.81. The summed E-state index contributed by atoms with van der Waals surface area (Å²) in [6, 6.07) is 7.29. The van der Waals surface area contributed by atoms with E-state index >= 15 is 0 Å². The molecule has 1 saturated carbocycles. The highest BCUT2D eigenvalue weighted by Crippen LogP contribution is 2.33. The van der Waals surface area contributed by atoms with Gasteiger partial charge in [-0.05, 0) is 54.3 Å². The minimum atomic E-state index is -4.82. The number of benzene rings is 2. The molecule has 10 heteroatoms. The minimum Gasteiger partial charge on any atom is -0.493 e. The topological polar surface area (TPSA) is 84.9 Å². The molecule has 0 heterocycles. The smallest absolute Gasteiger partial charge is 0.419 e. The number of hydrogen-bond donors (Lipinski definition) is 2. The Hall–Kier alpha value is -3.56. The fraction of sp³-hybridized carbons (Fsp3) is 0.360. The van der Waals surface area contributed by atoms with Crippen LogP contribution in [-0.2, 0) is 22.4 Å². The van der Waals surface area contributed by atoms with Crippen molar-refractivity contribution in [1.29, 1.82) is 0 Å². The van der Waals surface area contributed by atoms with Crippen molar-refractivity contribution in [3.63, 3.8) is 0 Å². The van der Waals surface area contributed by atoms with Gasteiger partial charge in [-0.15, -0.1) is 0 Å². The van der Waals surface area contributed by atoms with E-state index in [2.05, 4.69) is 5.32 Å². The van der Waals surface area contributed by atoms with Crippen molar-refractivity contribution < 1.29 is 41.7 Å². The average Bonchev–Trinajstić information content (AvgIpc) is 2.82. The van der Waals surface area contributed by atoms with Crippen LogP contribution < -0.4 is 14.8 Å². The molecule has 1 amide bonds. The largest absolute Gasteiger partial charge is 0.493 e. The summed E-state index contributed by atoms with van der Waals surface area (Å²) in [5.74, 6) is -2.45. The molecule has 0 radical (unpaired) electrons. The molecule has 0 spiro atoms. The molecule has 0 bridgehead atoms. The number of methoxy groups -OCH3 is 1. The fourth-order valence-corrected chi connectivity index (χ4v) is 3.94. The number of carbonyl (C=O) groups is 2. The molecule has 2 aromatic rings. The molecule has 2 N–H and O–H groups in total. The second-order valence-electron chi connectivity index (χ2n) is 8.28. The number of aliphatic carboxylic acids is 1. The van der Waals surface area contributed by atoms with Crippen LogP contribution in [0.15, 0.2) is 42.5 Å². The van der Waals surface area contributed by atoms with Crippen molar-refractivity contribution in [2.75, 3.05) is 7.11 Å². The van der Waals surface area contributed by atoms with Crippen LogP contribution >= 0.6 is 0 Å². The molecule has 3 rings (SSSR count). The Morgan fingerprint density at radius 1 is 1.09 bits per heavy atom. The van der Waals surface area contributed by atoms with Gasteiger partial charge in [-0.25, -0.2) is 9.18 Å². The first-order valence-electron chi connectivity index (χ1n) is 10.9. The van der Waals surface area contributed by atoms with Crippen LogP contribution in [0.3, 0.4) is 0 Å². The summed E-state index contributed by atoms with van der Waals surface area (Å²) in [7, 11) is 1.38. The highest BCUT2D eigenvalue weighted by atomic mass is 19.4. The predicted molar refractivity (Wildman–Crippen MR) is 119 cm³/mol. The third kappa shape index (κ3) is 6.52. The summed E-state index contributed by atoms with van der Waals surface area (Å²) in [5, 5.41) is 12.2. The standard InChI is InChI=1S/C25H25F4NO5/c1-34-21-14-16(7-10-22(31)30-24(23(32)33)11-3-2-4-12-24)6-9-20(21)35-15-17-5-8-19(26)18(13-17)25(27,28)29/h5-10,13-14H,2-4,11-12,15H2,1H3,(H,30,31)(H,32,33)/b10-7+. The Balaban J connectivity index is 1.68. The van der Waals surface area contributed by atoms with Gasteiger partial charge in [-0.3, -0.25) is 4.79 Å². The average molecular weight is 495 g/mol. The van der Waals surface area contributed by atoms with Crippen molar-refractivity contribution >= 4 is 18.0 Å². The van der Waals surface area contributed by atoms with Crippen LogP contribution in [0.1, 0.15) is 48.8 Å². The Bertz CT molecular complexity index is 1110. The van der Waals surface area contributed by atoms with Gasteiger partial charge in [-0.1, -0.05) is 31.4 Å². The third-order valence-electron chi connectivity index (χ3n) is 5.82. The quantitative estimate of drug-likeness (QED) is 0.381. The van der Waals surface area contributed by atoms with E-state index in [1.165, 1.54) is 31.4 Å². The molecule has 1 fully saturated rings. The second-order valence-corrected chi connectivity index (χ2v) is 8.28. The van der Waals surface area contributed by atoms with Crippen LogP contribution in [0.25, 0.3) is 6.08 Å². The van der Waals surface area contributed by atoms with Crippen LogP contribution in [0.4, 0.5) is 17.6 Å². The van der Waals surface area contributed by atoms with Gasteiger partial charge in [0.1, 0.15) is 18.0 Å². The molecule has 0 unspecified atom stereocenters. The molecule has 2 aromatic carbocycles. The summed E-state index contributed by atoms with van der Waals surface area (Å²) >= 11 is 0. The number of halogens is 4. The Morgan fingerprint density at radius 3 is 2.43 bits per heavy atom. The van der Waals surface area contributed by atoms with Gasteiger partial charge in [-0.2, -0.15) is 13.2 Å². The number of ether oxygens (including phenoxy) is 2. The number of carboxylic acids is 1. The monoisotopic (exact) mass is 495 g/mol. The first-order valence-corrected chi connectivity index (χ1v) is 10.9. The first kappa shape index (κ1) is 26.1. The number of hydrogen-bond acceptors (Lipinski definition) is 4. The highest BCUT2D eigenvalue weighted by Gasteiger charge is 2.40. The molecular formula is C25H25F4NO5. The molecule has 188 valence electrons. The molecule has 0 saturated heterocycles. The Labute approximate surface area is 199 Å². The molecule has 1 aliphatic carbocycles. The van der Waals surface area contributed by atoms with Gasteiger partial charge in [0.15, 0.2) is 11.5 Å². The number of nitrogens with one attached hydrogen (secondary N) is 1. The van der Waals surface area contributed by atoms with Gasteiger partial charge in [0.05, 0.1) is 12.7 Å². The fourth-order valence-electron chi connectivity index (χ4n) is 3.94. The summed E-state index contributed by atoms with van der Waals surface area (Å²) < 4.78 is 63.0. The van der Waals surface area contributed by atoms with E-state index in [4.69, 9.17) is 9.47 Å². The van der Waals surface area contributed by atoms with E-state index in [1.807, 2.05) is 0 Å². The van der Waals surface area contributed by atoms with E-state index in [-0.39, 0.29) is 23.7 Å². The lowest BCUT2D eigenvalue weighted by Gasteiger charge is -2.33. The maximum absolute atomic E-state index is 13.5. The second kappa shape index (κ2) is 10.8. The van der Waals surface area contributed by atoms with Crippen molar-refractivity contribution in [2.45, 2.75) is 50.4 Å². The van der Waals surface area contributed by atoms with E-state index in [9.17, 15) is 32.3 Å². The van der Waals surface area contributed by atoms with Gasteiger partial charge in [0.2, 0.25) is 5.91 Å². The first-order chi connectivity index (χ1) is 16.5. The van der Waals surface area contributed by atoms with Crippen molar-refractivity contribution in [2.24, 2.45) is 0 Å². The van der Waals surface area contributed by atoms with E-state index < -0.39 is 35.0 Å². The van der Waals surface area contributed by atoms with E-state index in [0.29, 0.717) is 24.5 Å². The molecular weight excluding hydrogens is 470 g/mol. The molecule has 0 aliphatic heterocycles. The normalized spacial score (nSPS) is 15.6. The zero-order chi connectivity index (χ0) is 25.6. The highest BCUT2D eigenvalue weighted by molar-refractivity contribution is 5.96. The minimum absolute atomic E-state index is 0.122. The van der Waals surface area contributed by atoms with Gasteiger partial charge in [0.25, 0.3) is 0 Å². The number of alkyl halides is 3. The Morgan fingerprint density at radius 2 is 1.80 bits per heavy atom. The van der Waals surface area contributed by atoms with Crippen LogP contribution in [0.2, 0.25) is 0 Å². The molecule has 35 heavy (non-hydrogen) atoms. The van der Waals surface area contributed by atoms with Crippen LogP contribution in [0, 0.1) is 5.82 Å². The summed E-state index contributed by atoms with van der Waals surface area (Å²) in [4.78, 5) is 24.1. The van der Waals surface area contributed by atoms with Gasteiger partial charge >= 0.3 is 12.1 Å². The van der Waals surface area contributed by atoms with Crippen molar-refractivity contribution in [1.82, 2.24) is 5.32 Å². The van der Waals surface area contributed by atoms with Gasteiger partial charge < -0.3 is 19.9 Å². The summed E-state index contributed by atoms with van der Waals surface area (Å²) in [6.45, 7) is -0.255. The van der Waals surface area contributed by atoms with Gasteiger partial charge in [0, 0.05) is 6.08 Å². The van der Waals surface area contributed by atoms with Crippen molar-refractivity contribution in [3.05, 3.63) is 65.0 Å². The zero-order valence-electron chi connectivity index (χ0n) is 19.0. The van der Waals surface area contributed by atoms with Crippen LogP contribution in [0.5, 0.6) is 11.5 Å². The Kier molecular flexibility index (Phi) is 8.03. The van der Waals surface area contributed by atoms with Crippen molar-refractivity contribution in [3.8, 4) is 11.5 Å². The predicted octanol–water partition coefficient (Wildman–Crippen LogP) is 5.35. The van der Waals surface area contributed by atoms with E-state index in [1.54, 1.807) is 12.1 Å². The number of rotatable bonds is 8. The number of carbonyl (C=O) groups excluding carboxylic acids is 1.